The third kappa shape index (κ3) is 2.31. The quantitative estimate of drug-likeness (QED) is 0.401. The Hall–Kier alpha value is -0.830. The number of likely N-dealkylation sites (tertiary alicyclic amines) is 1. The van der Waals surface area contributed by atoms with Crippen molar-refractivity contribution in [3.05, 3.63) is 12.7 Å². The van der Waals surface area contributed by atoms with E-state index in [0.29, 0.717) is 12.0 Å². The molecule has 0 unspecified atom stereocenters. The first-order valence-corrected chi connectivity index (χ1v) is 4.74. The van der Waals surface area contributed by atoms with Crippen LogP contribution in [0.15, 0.2) is 17.8 Å². The number of piperidine rings is 1. The van der Waals surface area contributed by atoms with E-state index in [2.05, 4.69) is 30.5 Å². The van der Waals surface area contributed by atoms with Gasteiger partial charge in [-0.1, -0.05) is 18.2 Å². The molecule has 1 rings (SSSR count). The predicted molar refractivity (Wildman–Crippen MR) is 54.2 cm³/mol. The lowest BCUT2D eigenvalue weighted by Crippen LogP contribution is -2.45. The van der Waals surface area contributed by atoms with Crippen molar-refractivity contribution in [1.82, 2.24) is 4.90 Å². The summed E-state index contributed by atoms with van der Waals surface area (Å²) in [5, 5.41) is 12.1. The van der Waals surface area contributed by atoms with Crippen LogP contribution >= 0.6 is 0 Å². The fourth-order valence-corrected chi connectivity index (χ4v) is 1.83. The minimum atomic E-state index is 0.362. The van der Waals surface area contributed by atoms with Gasteiger partial charge in [-0.2, -0.15) is 0 Å². The molecule has 0 radical (unpaired) electrons. The average Bonchev–Trinajstić information content (AvgIpc) is 2.11. The molecule has 0 spiro atoms. The molecule has 0 saturated carbocycles. The van der Waals surface area contributed by atoms with Crippen LogP contribution in [0.25, 0.3) is 0 Å². The second kappa shape index (κ2) is 4.42. The van der Waals surface area contributed by atoms with Gasteiger partial charge in [-0.05, 0) is 6.92 Å². The van der Waals surface area contributed by atoms with Gasteiger partial charge in [0.05, 0.1) is 5.71 Å². The lowest BCUT2D eigenvalue weighted by Gasteiger charge is -2.36. The minimum absolute atomic E-state index is 0.362. The summed E-state index contributed by atoms with van der Waals surface area (Å²) < 4.78 is 0. The molecule has 0 aliphatic carbocycles. The van der Waals surface area contributed by atoms with Crippen LogP contribution in [0.3, 0.4) is 0 Å². The molecule has 1 heterocycles. The van der Waals surface area contributed by atoms with Crippen molar-refractivity contribution in [3.8, 4) is 0 Å². The van der Waals surface area contributed by atoms with E-state index < -0.39 is 0 Å². The second-order valence-corrected chi connectivity index (χ2v) is 3.79. The second-order valence-electron chi connectivity index (χ2n) is 3.79. The normalized spacial score (nSPS) is 33.5. The molecule has 2 atom stereocenters. The molecule has 74 valence electrons. The minimum Gasteiger partial charge on any atom is -0.411 e. The third-order valence-corrected chi connectivity index (χ3v) is 2.70. The molecule has 1 saturated heterocycles. The standard InChI is InChI=1S/C10H18N2O/c1-4-5-12-7-8(2)10(11-13)6-9(12)3/h4,8-9,13H,1,5-7H2,2-3H3/b11-10+/t8-,9+/m1/s1. The van der Waals surface area contributed by atoms with E-state index in [-0.39, 0.29) is 0 Å². The smallest absolute Gasteiger partial charge is 0.0627 e. The summed E-state index contributed by atoms with van der Waals surface area (Å²) in [6.07, 6.45) is 2.79. The van der Waals surface area contributed by atoms with Gasteiger partial charge in [-0.3, -0.25) is 4.90 Å². The first-order valence-electron chi connectivity index (χ1n) is 4.74. The maximum Gasteiger partial charge on any atom is 0.0627 e. The Morgan fingerprint density at radius 1 is 1.69 bits per heavy atom. The zero-order chi connectivity index (χ0) is 9.84. The van der Waals surface area contributed by atoms with Crippen LogP contribution in [0.2, 0.25) is 0 Å². The predicted octanol–water partition coefficient (Wildman–Crippen LogP) is 1.73. The molecule has 0 amide bonds. The summed E-state index contributed by atoms with van der Waals surface area (Å²) in [5.74, 6) is 0.362. The van der Waals surface area contributed by atoms with E-state index in [1.54, 1.807) is 0 Å². The molecule has 1 aliphatic heterocycles. The van der Waals surface area contributed by atoms with Gasteiger partial charge in [-0.15, -0.1) is 6.58 Å². The molecule has 13 heavy (non-hydrogen) atoms. The number of oxime groups is 1. The highest BCUT2D eigenvalue weighted by molar-refractivity contribution is 5.87. The molecule has 3 heteroatoms. The Morgan fingerprint density at radius 2 is 2.38 bits per heavy atom. The van der Waals surface area contributed by atoms with Crippen molar-refractivity contribution in [2.45, 2.75) is 26.3 Å². The topological polar surface area (TPSA) is 35.8 Å². The highest BCUT2D eigenvalue weighted by Gasteiger charge is 2.26. The molecule has 1 aliphatic rings. The van der Waals surface area contributed by atoms with Crippen LogP contribution in [-0.2, 0) is 0 Å². The van der Waals surface area contributed by atoms with Crippen LogP contribution in [0.1, 0.15) is 20.3 Å². The van der Waals surface area contributed by atoms with E-state index in [9.17, 15) is 0 Å². The fourth-order valence-electron chi connectivity index (χ4n) is 1.83. The van der Waals surface area contributed by atoms with Crippen molar-refractivity contribution in [2.75, 3.05) is 13.1 Å². The maximum absolute atomic E-state index is 8.74. The summed E-state index contributed by atoms with van der Waals surface area (Å²) in [7, 11) is 0. The Bertz CT molecular complexity index is 213. The van der Waals surface area contributed by atoms with E-state index in [4.69, 9.17) is 5.21 Å². The summed E-state index contributed by atoms with van der Waals surface area (Å²) >= 11 is 0. The van der Waals surface area contributed by atoms with Crippen molar-refractivity contribution in [1.29, 1.82) is 0 Å². The third-order valence-electron chi connectivity index (χ3n) is 2.70. The molecular weight excluding hydrogens is 164 g/mol. The summed E-state index contributed by atoms with van der Waals surface area (Å²) in [5.41, 5.74) is 0.924. The van der Waals surface area contributed by atoms with Crippen LogP contribution in [0.5, 0.6) is 0 Å². The fraction of sp³-hybridized carbons (Fsp3) is 0.700. The summed E-state index contributed by atoms with van der Waals surface area (Å²) in [6, 6.07) is 0.458. The Labute approximate surface area is 79.7 Å². The Kier molecular flexibility index (Phi) is 3.48. The number of hydrogen-bond donors (Lipinski definition) is 1. The molecule has 1 N–H and O–H groups in total. The first kappa shape index (κ1) is 10.3. The summed E-state index contributed by atoms with van der Waals surface area (Å²) in [6.45, 7) is 9.87. The molecule has 0 aromatic carbocycles. The first-order chi connectivity index (χ1) is 6.19. The highest BCUT2D eigenvalue weighted by atomic mass is 16.4. The largest absolute Gasteiger partial charge is 0.411 e. The van der Waals surface area contributed by atoms with Crippen molar-refractivity contribution in [3.63, 3.8) is 0 Å². The van der Waals surface area contributed by atoms with E-state index in [1.807, 2.05) is 6.08 Å². The lowest BCUT2D eigenvalue weighted by atomic mass is 9.93. The van der Waals surface area contributed by atoms with Gasteiger partial charge in [0.25, 0.3) is 0 Å². The van der Waals surface area contributed by atoms with Crippen LogP contribution in [0, 0.1) is 5.92 Å². The van der Waals surface area contributed by atoms with Gasteiger partial charge in [-0.25, -0.2) is 0 Å². The molecule has 0 aromatic rings. The van der Waals surface area contributed by atoms with E-state index in [1.165, 1.54) is 0 Å². The maximum atomic E-state index is 8.74. The zero-order valence-electron chi connectivity index (χ0n) is 8.40. The SMILES string of the molecule is C=CCN1C[C@@H](C)/C(=N/O)C[C@@H]1C. The molecule has 1 fully saturated rings. The van der Waals surface area contributed by atoms with Gasteiger partial charge in [0.1, 0.15) is 0 Å². The van der Waals surface area contributed by atoms with Crippen LogP contribution < -0.4 is 0 Å². The lowest BCUT2D eigenvalue weighted by molar-refractivity contribution is 0.195. The monoisotopic (exact) mass is 182 g/mol. The van der Waals surface area contributed by atoms with Gasteiger partial charge in [0.15, 0.2) is 0 Å². The van der Waals surface area contributed by atoms with E-state index in [0.717, 1.165) is 25.2 Å². The number of hydrogen-bond acceptors (Lipinski definition) is 3. The van der Waals surface area contributed by atoms with Crippen molar-refractivity contribution >= 4 is 5.71 Å². The van der Waals surface area contributed by atoms with Crippen molar-refractivity contribution < 1.29 is 5.21 Å². The average molecular weight is 182 g/mol. The Balaban J connectivity index is 2.61. The summed E-state index contributed by atoms with van der Waals surface area (Å²) in [4.78, 5) is 2.35. The Morgan fingerprint density at radius 3 is 2.92 bits per heavy atom. The molecule has 0 bridgehead atoms. The van der Waals surface area contributed by atoms with Gasteiger partial charge in [0, 0.05) is 31.5 Å². The number of rotatable bonds is 2. The van der Waals surface area contributed by atoms with Gasteiger partial charge < -0.3 is 5.21 Å². The molecular formula is C10H18N2O. The highest BCUT2D eigenvalue weighted by Crippen LogP contribution is 2.19. The van der Waals surface area contributed by atoms with Crippen LogP contribution in [0.4, 0.5) is 0 Å². The van der Waals surface area contributed by atoms with Gasteiger partial charge >= 0.3 is 0 Å². The zero-order valence-corrected chi connectivity index (χ0v) is 8.40. The van der Waals surface area contributed by atoms with Crippen LogP contribution in [-0.4, -0.2) is 35.0 Å². The molecule has 0 aromatic heterocycles. The van der Waals surface area contributed by atoms with Gasteiger partial charge in [0.2, 0.25) is 0 Å². The van der Waals surface area contributed by atoms with E-state index >= 15 is 0 Å². The van der Waals surface area contributed by atoms with Crippen molar-refractivity contribution in [2.24, 2.45) is 11.1 Å². The number of nitrogens with zero attached hydrogens (tertiary/aromatic N) is 2. The molecule has 3 nitrogen and oxygen atoms in total.